The highest BCUT2D eigenvalue weighted by molar-refractivity contribution is 9.10. The number of benzene rings is 1. The van der Waals surface area contributed by atoms with Gasteiger partial charge in [0.05, 0.1) is 0 Å². The van der Waals surface area contributed by atoms with Gasteiger partial charge in [-0.05, 0) is 49.6 Å². The van der Waals surface area contributed by atoms with Crippen molar-refractivity contribution in [2.24, 2.45) is 5.73 Å². The van der Waals surface area contributed by atoms with Gasteiger partial charge in [0.2, 0.25) is 0 Å². The molecule has 12 heavy (non-hydrogen) atoms. The highest BCUT2D eigenvalue weighted by Crippen LogP contribution is 2.22. The van der Waals surface area contributed by atoms with E-state index in [2.05, 4.69) is 41.9 Å². The van der Waals surface area contributed by atoms with Gasteiger partial charge in [-0.2, -0.15) is 0 Å². The topological polar surface area (TPSA) is 26.0 Å². The van der Waals surface area contributed by atoms with Crippen molar-refractivity contribution in [3.63, 3.8) is 0 Å². The molecule has 2 heteroatoms. The predicted octanol–water partition coefficient (Wildman–Crippen LogP) is 2.57. The van der Waals surface area contributed by atoms with E-state index in [1.54, 1.807) is 0 Å². The van der Waals surface area contributed by atoms with Crippen molar-refractivity contribution in [3.05, 3.63) is 33.3 Å². The van der Waals surface area contributed by atoms with Crippen molar-refractivity contribution in [3.8, 4) is 0 Å². The van der Waals surface area contributed by atoms with Gasteiger partial charge in [0.25, 0.3) is 0 Å². The maximum atomic E-state index is 5.52. The minimum atomic E-state index is 0.711. The van der Waals surface area contributed by atoms with Crippen molar-refractivity contribution in [2.75, 3.05) is 6.54 Å². The quantitative estimate of drug-likeness (QED) is 0.827. The van der Waals surface area contributed by atoms with Crippen LogP contribution in [0, 0.1) is 13.8 Å². The average Bonchev–Trinajstić information content (AvgIpc) is 1.96. The zero-order valence-corrected chi connectivity index (χ0v) is 9.11. The second kappa shape index (κ2) is 4.06. The molecule has 0 fully saturated rings. The molecule has 1 nitrogen and oxygen atoms in total. The standard InChI is InChI=1S/C10H14BrN/c1-7-5-8(2)9(3-4-12)10(11)6-7/h5-6H,3-4,12H2,1-2H3. The molecule has 2 N–H and O–H groups in total. The maximum absolute atomic E-state index is 5.52. The summed E-state index contributed by atoms with van der Waals surface area (Å²) >= 11 is 3.54. The molecule has 0 aliphatic heterocycles. The van der Waals surface area contributed by atoms with E-state index in [-0.39, 0.29) is 0 Å². The van der Waals surface area contributed by atoms with Crippen LogP contribution in [0.2, 0.25) is 0 Å². The summed E-state index contributed by atoms with van der Waals surface area (Å²) in [5, 5.41) is 0. The van der Waals surface area contributed by atoms with Gasteiger partial charge in [-0.3, -0.25) is 0 Å². The van der Waals surface area contributed by atoms with Crippen molar-refractivity contribution in [1.82, 2.24) is 0 Å². The van der Waals surface area contributed by atoms with E-state index in [1.165, 1.54) is 21.2 Å². The van der Waals surface area contributed by atoms with Crippen LogP contribution in [-0.2, 0) is 6.42 Å². The van der Waals surface area contributed by atoms with Gasteiger partial charge in [0.1, 0.15) is 0 Å². The van der Waals surface area contributed by atoms with E-state index in [0.29, 0.717) is 6.54 Å². The summed E-state index contributed by atoms with van der Waals surface area (Å²) in [5.74, 6) is 0. The SMILES string of the molecule is Cc1cc(C)c(CCN)c(Br)c1. The maximum Gasteiger partial charge on any atom is 0.0213 e. The van der Waals surface area contributed by atoms with Gasteiger partial charge in [-0.15, -0.1) is 0 Å². The third-order valence-electron chi connectivity index (χ3n) is 1.96. The first-order valence-corrected chi connectivity index (χ1v) is 4.90. The molecule has 0 saturated heterocycles. The highest BCUT2D eigenvalue weighted by Gasteiger charge is 2.02. The van der Waals surface area contributed by atoms with Crippen LogP contribution in [0.1, 0.15) is 16.7 Å². The van der Waals surface area contributed by atoms with E-state index in [0.717, 1.165) is 6.42 Å². The first-order chi connectivity index (χ1) is 5.65. The fourth-order valence-corrected chi connectivity index (χ4v) is 2.28. The van der Waals surface area contributed by atoms with Crippen LogP contribution in [0.5, 0.6) is 0 Å². The van der Waals surface area contributed by atoms with E-state index in [9.17, 15) is 0 Å². The molecule has 1 rings (SSSR count). The molecule has 0 aliphatic rings. The number of hydrogen-bond donors (Lipinski definition) is 1. The predicted molar refractivity (Wildman–Crippen MR) is 56.4 cm³/mol. The molecular formula is C10H14BrN. The summed E-state index contributed by atoms with van der Waals surface area (Å²) in [4.78, 5) is 0. The Balaban J connectivity index is 3.10. The monoisotopic (exact) mass is 227 g/mol. The summed E-state index contributed by atoms with van der Waals surface area (Å²) in [7, 11) is 0. The summed E-state index contributed by atoms with van der Waals surface area (Å²) in [5.41, 5.74) is 9.47. The second-order valence-electron chi connectivity index (χ2n) is 3.08. The van der Waals surface area contributed by atoms with Crippen molar-refractivity contribution in [1.29, 1.82) is 0 Å². The molecule has 1 aromatic rings. The van der Waals surface area contributed by atoms with Gasteiger partial charge in [-0.25, -0.2) is 0 Å². The van der Waals surface area contributed by atoms with Crippen LogP contribution < -0.4 is 5.73 Å². The van der Waals surface area contributed by atoms with Gasteiger partial charge >= 0.3 is 0 Å². The molecular weight excluding hydrogens is 214 g/mol. The smallest absolute Gasteiger partial charge is 0.0213 e. The zero-order chi connectivity index (χ0) is 9.14. The van der Waals surface area contributed by atoms with E-state index < -0.39 is 0 Å². The molecule has 0 atom stereocenters. The molecule has 0 amide bonds. The second-order valence-corrected chi connectivity index (χ2v) is 3.94. The Labute approximate surface area is 82.1 Å². The van der Waals surface area contributed by atoms with Crippen LogP contribution in [0.15, 0.2) is 16.6 Å². The Morgan fingerprint density at radius 1 is 1.33 bits per heavy atom. The Morgan fingerprint density at radius 2 is 2.00 bits per heavy atom. The number of rotatable bonds is 2. The number of hydrogen-bond acceptors (Lipinski definition) is 1. The molecule has 0 unspecified atom stereocenters. The van der Waals surface area contributed by atoms with Gasteiger partial charge in [0, 0.05) is 4.47 Å². The van der Waals surface area contributed by atoms with Crippen LogP contribution in [0.25, 0.3) is 0 Å². The molecule has 0 saturated carbocycles. The van der Waals surface area contributed by atoms with Crippen LogP contribution in [0.3, 0.4) is 0 Å². The molecule has 0 aromatic heterocycles. The number of nitrogens with two attached hydrogens (primary N) is 1. The van der Waals surface area contributed by atoms with Crippen molar-refractivity contribution >= 4 is 15.9 Å². The number of halogens is 1. The Morgan fingerprint density at radius 3 is 2.50 bits per heavy atom. The Hall–Kier alpha value is -0.340. The third kappa shape index (κ3) is 2.08. The lowest BCUT2D eigenvalue weighted by atomic mass is 10.0. The molecule has 0 radical (unpaired) electrons. The van der Waals surface area contributed by atoms with Crippen molar-refractivity contribution < 1.29 is 0 Å². The van der Waals surface area contributed by atoms with E-state index in [1.807, 2.05) is 0 Å². The molecule has 0 aliphatic carbocycles. The summed E-state index contributed by atoms with van der Waals surface area (Å²) in [6.07, 6.45) is 0.951. The third-order valence-corrected chi connectivity index (χ3v) is 2.66. The van der Waals surface area contributed by atoms with Crippen LogP contribution >= 0.6 is 15.9 Å². The first-order valence-electron chi connectivity index (χ1n) is 4.11. The average molecular weight is 228 g/mol. The lowest BCUT2D eigenvalue weighted by molar-refractivity contribution is 0.950. The first kappa shape index (κ1) is 9.75. The number of aryl methyl sites for hydroxylation is 2. The fourth-order valence-electron chi connectivity index (χ4n) is 1.41. The highest BCUT2D eigenvalue weighted by atomic mass is 79.9. The molecule has 66 valence electrons. The molecule has 0 heterocycles. The minimum Gasteiger partial charge on any atom is -0.330 e. The lowest BCUT2D eigenvalue weighted by Gasteiger charge is -2.08. The summed E-state index contributed by atoms with van der Waals surface area (Å²) in [6, 6.07) is 4.33. The van der Waals surface area contributed by atoms with Gasteiger partial charge in [-0.1, -0.05) is 22.0 Å². The Bertz CT molecular complexity index is 258. The normalized spacial score (nSPS) is 10.3. The molecule has 0 spiro atoms. The van der Waals surface area contributed by atoms with Gasteiger partial charge in [0.15, 0.2) is 0 Å². The molecule has 0 bridgehead atoms. The largest absolute Gasteiger partial charge is 0.330 e. The van der Waals surface area contributed by atoms with E-state index in [4.69, 9.17) is 5.73 Å². The summed E-state index contributed by atoms with van der Waals surface area (Å²) in [6.45, 7) is 4.94. The van der Waals surface area contributed by atoms with Crippen molar-refractivity contribution in [2.45, 2.75) is 20.3 Å². The van der Waals surface area contributed by atoms with Crippen LogP contribution in [0.4, 0.5) is 0 Å². The van der Waals surface area contributed by atoms with E-state index >= 15 is 0 Å². The zero-order valence-electron chi connectivity index (χ0n) is 7.52. The van der Waals surface area contributed by atoms with Gasteiger partial charge < -0.3 is 5.73 Å². The minimum absolute atomic E-state index is 0.711. The summed E-state index contributed by atoms with van der Waals surface area (Å²) < 4.78 is 1.19. The van der Waals surface area contributed by atoms with Crippen LogP contribution in [-0.4, -0.2) is 6.54 Å². The lowest BCUT2D eigenvalue weighted by Crippen LogP contribution is -2.05. The fraction of sp³-hybridized carbons (Fsp3) is 0.400. The Kier molecular flexibility index (Phi) is 3.29. The molecule has 1 aromatic carbocycles.